The molecule has 0 aliphatic carbocycles. The molecule has 4 nitrogen and oxygen atoms in total. The van der Waals surface area contributed by atoms with Crippen LogP contribution < -0.4 is 0 Å². The van der Waals surface area contributed by atoms with E-state index < -0.39 is 0 Å². The van der Waals surface area contributed by atoms with Gasteiger partial charge in [0.2, 0.25) is 0 Å². The SMILES string of the molecule is C=C(C)C(=O)OCCCCOC(=O)C(=C)C.[CH2]CC[CH2]. The first-order chi connectivity index (χ1) is 9.36. The van der Waals surface area contributed by atoms with Crippen LogP contribution in [-0.2, 0) is 19.1 Å². The van der Waals surface area contributed by atoms with Crippen LogP contribution in [0.1, 0.15) is 39.5 Å². The van der Waals surface area contributed by atoms with Crippen molar-refractivity contribution in [2.24, 2.45) is 0 Å². The number of hydrogen-bond acceptors (Lipinski definition) is 4. The molecule has 0 heterocycles. The Morgan fingerprint density at radius 2 is 1.10 bits per heavy atom. The third kappa shape index (κ3) is 14.5. The summed E-state index contributed by atoms with van der Waals surface area (Å²) in [6.07, 6.45) is 3.23. The van der Waals surface area contributed by atoms with Crippen LogP contribution in [0.2, 0.25) is 0 Å². The standard InChI is InChI=1S/C12H18O4.C4H8/c1-9(2)11(13)15-7-5-6-8-16-12(14)10(3)4;1-3-4-2/h1,3,5-8H2,2,4H3;1-4H2. The summed E-state index contributed by atoms with van der Waals surface area (Å²) >= 11 is 0. The van der Waals surface area contributed by atoms with Crippen LogP contribution in [-0.4, -0.2) is 25.2 Å². The van der Waals surface area contributed by atoms with Crippen LogP contribution in [0.4, 0.5) is 0 Å². The van der Waals surface area contributed by atoms with Crippen molar-refractivity contribution >= 4 is 11.9 Å². The summed E-state index contributed by atoms with van der Waals surface area (Å²) in [5.41, 5.74) is 0.766. The number of esters is 2. The minimum atomic E-state index is -0.390. The summed E-state index contributed by atoms with van der Waals surface area (Å²) in [4.78, 5) is 21.9. The molecular formula is C16H26O4. The molecule has 0 amide bonds. The van der Waals surface area contributed by atoms with Gasteiger partial charge in [0.1, 0.15) is 0 Å². The second-order valence-electron chi connectivity index (χ2n) is 4.25. The highest BCUT2D eigenvalue weighted by atomic mass is 16.5. The average Bonchev–Trinajstić information content (AvgIpc) is 2.41. The van der Waals surface area contributed by atoms with Crippen LogP contribution in [0.5, 0.6) is 0 Å². The van der Waals surface area contributed by atoms with Gasteiger partial charge in [0, 0.05) is 11.1 Å². The fraction of sp³-hybridized carbons (Fsp3) is 0.500. The van der Waals surface area contributed by atoms with Crippen molar-refractivity contribution in [2.75, 3.05) is 13.2 Å². The van der Waals surface area contributed by atoms with Crippen molar-refractivity contribution in [1.82, 2.24) is 0 Å². The molecule has 0 aromatic carbocycles. The van der Waals surface area contributed by atoms with Gasteiger partial charge in [-0.05, 0) is 26.7 Å². The van der Waals surface area contributed by atoms with Gasteiger partial charge in [0.25, 0.3) is 0 Å². The molecule has 114 valence electrons. The molecule has 0 aromatic heterocycles. The van der Waals surface area contributed by atoms with Crippen LogP contribution in [0.3, 0.4) is 0 Å². The van der Waals surface area contributed by atoms with E-state index >= 15 is 0 Å². The zero-order chi connectivity index (χ0) is 16.0. The van der Waals surface area contributed by atoms with Gasteiger partial charge in [0.05, 0.1) is 13.2 Å². The Bertz CT molecular complexity index is 286. The summed E-state index contributed by atoms with van der Waals surface area (Å²) < 4.78 is 9.72. The first-order valence-corrected chi connectivity index (χ1v) is 6.60. The Morgan fingerprint density at radius 3 is 1.30 bits per heavy atom. The number of unbranched alkanes of at least 4 members (excludes halogenated alkanes) is 2. The van der Waals surface area contributed by atoms with Gasteiger partial charge in [-0.2, -0.15) is 0 Å². The van der Waals surface area contributed by atoms with Crippen molar-refractivity contribution in [1.29, 1.82) is 0 Å². The molecule has 2 radical (unpaired) electrons. The highest BCUT2D eigenvalue weighted by molar-refractivity contribution is 5.87. The molecule has 0 rings (SSSR count). The normalized spacial score (nSPS) is 9.00. The van der Waals surface area contributed by atoms with Crippen molar-refractivity contribution in [2.45, 2.75) is 39.5 Å². The molecule has 0 N–H and O–H groups in total. The molecule has 0 bridgehead atoms. The molecule has 0 fully saturated rings. The largest absolute Gasteiger partial charge is 0.462 e. The Labute approximate surface area is 122 Å². The fourth-order valence-corrected chi connectivity index (χ4v) is 0.780. The summed E-state index contributed by atoms with van der Waals surface area (Å²) in [6, 6.07) is 0. The van der Waals surface area contributed by atoms with Gasteiger partial charge in [-0.15, -0.1) is 0 Å². The first kappa shape index (κ1) is 20.7. The topological polar surface area (TPSA) is 52.6 Å². The predicted molar refractivity (Wildman–Crippen MR) is 80.7 cm³/mol. The van der Waals surface area contributed by atoms with Crippen LogP contribution in [0, 0.1) is 13.8 Å². The summed E-state index contributed by atoms with van der Waals surface area (Å²) in [7, 11) is 0. The fourth-order valence-electron chi connectivity index (χ4n) is 0.780. The van der Waals surface area contributed by atoms with Gasteiger partial charge >= 0.3 is 11.9 Å². The highest BCUT2D eigenvalue weighted by Crippen LogP contribution is 1.98. The number of carbonyl (C=O) groups is 2. The molecule has 0 aliphatic rings. The minimum absolute atomic E-state index is 0.316. The van der Waals surface area contributed by atoms with Crippen LogP contribution in [0.25, 0.3) is 0 Å². The Morgan fingerprint density at radius 1 is 0.800 bits per heavy atom. The van der Waals surface area contributed by atoms with Crippen molar-refractivity contribution in [3.63, 3.8) is 0 Å². The van der Waals surface area contributed by atoms with Crippen molar-refractivity contribution < 1.29 is 19.1 Å². The predicted octanol–water partition coefficient (Wildman–Crippen LogP) is 3.44. The number of rotatable bonds is 8. The summed E-state index contributed by atoms with van der Waals surface area (Å²) in [5, 5.41) is 0. The lowest BCUT2D eigenvalue weighted by Gasteiger charge is -2.05. The van der Waals surface area contributed by atoms with E-state index in [0.29, 0.717) is 37.2 Å². The molecule has 4 heteroatoms. The molecule has 0 saturated carbocycles. The molecule has 0 aromatic rings. The lowest BCUT2D eigenvalue weighted by atomic mass is 10.3. The second-order valence-corrected chi connectivity index (χ2v) is 4.25. The van der Waals surface area contributed by atoms with Gasteiger partial charge in [-0.3, -0.25) is 0 Å². The molecule has 0 atom stereocenters. The molecular weight excluding hydrogens is 256 g/mol. The summed E-state index contributed by atoms with van der Waals surface area (Å²) in [5.74, 6) is -0.780. The maximum Gasteiger partial charge on any atom is 0.333 e. The van der Waals surface area contributed by atoms with E-state index in [2.05, 4.69) is 27.0 Å². The molecule has 0 spiro atoms. The van der Waals surface area contributed by atoms with Crippen LogP contribution >= 0.6 is 0 Å². The first-order valence-electron chi connectivity index (χ1n) is 6.60. The maximum absolute atomic E-state index is 11.0. The number of hydrogen-bond donors (Lipinski definition) is 0. The molecule has 20 heavy (non-hydrogen) atoms. The average molecular weight is 282 g/mol. The molecule has 0 unspecified atom stereocenters. The summed E-state index contributed by atoms with van der Waals surface area (Å²) in [6.45, 7) is 17.8. The van der Waals surface area contributed by atoms with E-state index in [0.717, 1.165) is 12.8 Å². The monoisotopic (exact) mass is 282 g/mol. The van der Waals surface area contributed by atoms with E-state index in [1.165, 1.54) is 0 Å². The van der Waals surface area contributed by atoms with Crippen LogP contribution in [0.15, 0.2) is 24.3 Å². The van der Waals surface area contributed by atoms with E-state index in [1.807, 2.05) is 0 Å². The van der Waals surface area contributed by atoms with Gasteiger partial charge in [-0.25, -0.2) is 9.59 Å². The van der Waals surface area contributed by atoms with Gasteiger partial charge < -0.3 is 9.47 Å². The van der Waals surface area contributed by atoms with Crippen molar-refractivity contribution in [3.05, 3.63) is 38.2 Å². The van der Waals surface area contributed by atoms with Crippen molar-refractivity contribution in [3.8, 4) is 0 Å². The minimum Gasteiger partial charge on any atom is -0.462 e. The maximum atomic E-state index is 11.0. The quantitative estimate of drug-likeness (QED) is 0.389. The second kappa shape index (κ2) is 13.8. The van der Waals surface area contributed by atoms with Gasteiger partial charge in [-0.1, -0.05) is 39.8 Å². The third-order valence-corrected chi connectivity index (χ3v) is 1.95. The third-order valence-electron chi connectivity index (χ3n) is 1.95. The molecule has 0 aliphatic heterocycles. The smallest absolute Gasteiger partial charge is 0.333 e. The Kier molecular flexibility index (Phi) is 14.3. The molecule has 0 saturated heterocycles. The van der Waals surface area contributed by atoms with Gasteiger partial charge in [0.15, 0.2) is 0 Å². The highest BCUT2D eigenvalue weighted by Gasteiger charge is 2.03. The number of ether oxygens (including phenoxy) is 2. The van der Waals surface area contributed by atoms with E-state index in [1.54, 1.807) is 13.8 Å². The Hall–Kier alpha value is -1.58. The van der Waals surface area contributed by atoms with E-state index in [-0.39, 0.29) is 11.9 Å². The zero-order valence-corrected chi connectivity index (χ0v) is 12.7. The zero-order valence-electron chi connectivity index (χ0n) is 12.7. The lowest BCUT2D eigenvalue weighted by molar-refractivity contribution is -0.141. The Balaban J connectivity index is 0. The van der Waals surface area contributed by atoms with E-state index in [9.17, 15) is 9.59 Å². The van der Waals surface area contributed by atoms with E-state index in [4.69, 9.17) is 9.47 Å². The lowest BCUT2D eigenvalue weighted by Crippen LogP contribution is -2.09. The number of carbonyl (C=O) groups excluding carboxylic acids is 2.